The van der Waals surface area contributed by atoms with E-state index in [0.29, 0.717) is 30.3 Å². The molecule has 25 heavy (non-hydrogen) atoms. The molecule has 0 aliphatic heterocycles. The Morgan fingerprint density at radius 1 is 1.36 bits per heavy atom. The van der Waals surface area contributed by atoms with E-state index in [2.05, 4.69) is 12.2 Å². The van der Waals surface area contributed by atoms with E-state index < -0.39 is 12.1 Å². The van der Waals surface area contributed by atoms with Crippen LogP contribution in [0.5, 0.6) is 0 Å². The number of hydrogen-bond acceptors (Lipinski definition) is 5. The Morgan fingerprint density at radius 2 is 2.08 bits per heavy atom. The van der Waals surface area contributed by atoms with Crippen LogP contribution in [0.3, 0.4) is 0 Å². The molecular weight excluding hydrogens is 360 g/mol. The van der Waals surface area contributed by atoms with E-state index in [9.17, 15) is 9.59 Å². The zero-order valence-corrected chi connectivity index (χ0v) is 17.0. The summed E-state index contributed by atoms with van der Waals surface area (Å²) in [5, 5.41) is 2.85. The number of rotatable bonds is 12. The summed E-state index contributed by atoms with van der Waals surface area (Å²) in [6.45, 7) is 6.12. The molecule has 3 N–H and O–H groups in total. The molecule has 0 aliphatic carbocycles. The van der Waals surface area contributed by atoms with Gasteiger partial charge in [-0.25, -0.2) is 0 Å². The van der Waals surface area contributed by atoms with Gasteiger partial charge in [-0.05, 0) is 30.9 Å². The molecule has 0 fully saturated rings. The van der Waals surface area contributed by atoms with Crippen LogP contribution in [0.1, 0.15) is 52.2 Å². The van der Waals surface area contributed by atoms with Crippen LogP contribution in [-0.4, -0.2) is 29.5 Å². The first-order valence-electron chi connectivity index (χ1n) is 8.62. The van der Waals surface area contributed by atoms with Crippen LogP contribution in [0.25, 0.3) is 0 Å². The van der Waals surface area contributed by atoms with Crippen LogP contribution in [0.4, 0.5) is 0 Å². The average molecular weight is 391 g/mol. The van der Waals surface area contributed by atoms with E-state index in [1.165, 1.54) is 11.8 Å². The summed E-state index contributed by atoms with van der Waals surface area (Å²) in [7, 11) is 0. The van der Waals surface area contributed by atoms with Crippen LogP contribution in [0, 0.1) is 5.92 Å². The molecule has 1 rings (SSSR count). The van der Waals surface area contributed by atoms with Crippen molar-refractivity contribution in [1.82, 2.24) is 5.32 Å². The second kappa shape index (κ2) is 13.3. The SMILES string of the molecule is CCCC[C@H](NC(=O)[C@@H](N)CC(C)C)C(=O)CSCc1ccco1.Cl. The molecule has 1 aromatic heterocycles. The maximum atomic E-state index is 12.5. The molecule has 1 amide bonds. The lowest BCUT2D eigenvalue weighted by molar-refractivity contribution is -0.127. The van der Waals surface area contributed by atoms with E-state index in [1.807, 2.05) is 26.0 Å². The van der Waals surface area contributed by atoms with Gasteiger partial charge in [0, 0.05) is 0 Å². The minimum absolute atomic E-state index is 0. The smallest absolute Gasteiger partial charge is 0.237 e. The predicted octanol–water partition coefficient (Wildman–Crippen LogP) is 3.55. The second-order valence-electron chi connectivity index (χ2n) is 6.48. The average Bonchev–Trinajstić information content (AvgIpc) is 3.03. The fraction of sp³-hybridized carbons (Fsp3) is 0.667. The first-order valence-corrected chi connectivity index (χ1v) is 9.78. The number of amides is 1. The van der Waals surface area contributed by atoms with Gasteiger partial charge < -0.3 is 15.5 Å². The Bertz CT molecular complexity index is 495. The fourth-order valence-electron chi connectivity index (χ4n) is 2.36. The highest BCUT2D eigenvalue weighted by Crippen LogP contribution is 2.14. The highest BCUT2D eigenvalue weighted by molar-refractivity contribution is 7.99. The molecule has 0 saturated heterocycles. The lowest BCUT2D eigenvalue weighted by Crippen LogP contribution is -2.49. The van der Waals surface area contributed by atoms with Crippen LogP contribution < -0.4 is 11.1 Å². The number of furan rings is 1. The maximum absolute atomic E-state index is 12.5. The third-order valence-corrected chi connectivity index (χ3v) is 4.66. The normalized spacial score (nSPS) is 13.2. The largest absolute Gasteiger partial charge is 0.468 e. The molecule has 144 valence electrons. The van der Waals surface area contributed by atoms with Crippen LogP contribution in [-0.2, 0) is 15.3 Å². The summed E-state index contributed by atoms with van der Waals surface area (Å²) in [6, 6.07) is 2.72. The van der Waals surface area contributed by atoms with Gasteiger partial charge in [0.2, 0.25) is 5.91 Å². The Labute approximate surface area is 161 Å². The molecular formula is C18H31ClN2O3S. The summed E-state index contributed by atoms with van der Waals surface area (Å²) in [6.07, 6.45) is 4.79. The molecule has 0 spiro atoms. The van der Waals surface area contributed by atoms with E-state index in [0.717, 1.165) is 18.6 Å². The Hall–Kier alpha value is -0.980. The zero-order valence-electron chi connectivity index (χ0n) is 15.3. The van der Waals surface area contributed by atoms with Crippen molar-refractivity contribution >= 4 is 35.9 Å². The van der Waals surface area contributed by atoms with Gasteiger partial charge in [-0.2, -0.15) is 0 Å². The molecule has 0 unspecified atom stereocenters. The van der Waals surface area contributed by atoms with E-state index in [1.54, 1.807) is 6.26 Å². The van der Waals surface area contributed by atoms with Crippen molar-refractivity contribution in [2.45, 2.75) is 64.3 Å². The van der Waals surface area contributed by atoms with Gasteiger partial charge in [0.15, 0.2) is 5.78 Å². The summed E-state index contributed by atoms with van der Waals surface area (Å²) in [5.41, 5.74) is 5.92. The molecule has 0 aliphatic rings. The minimum Gasteiger partial charge on any atom is -0.468 e. The number of halogens is 1. The first kappa shape index (κ1) is 24.0. The summed E-state index contributed by atoms with van der Waals surface area (Å²) in [5.74, 6) is 2.02. The van der Waals surface area contributed by atoms with Crippen molar-refractivity contribution in [2.24, 2.45) is 11.7 Å². The van der Waals surface area contributed by atoms with Crippen LogP contribution >= 0.6 is 24.2 Å². The Balaban J connectivity index is 0.00000576. The highest BCUT2D eigenvalue weighted by Gasteiger charge is 2.23. The van der Waals surface area contributed by atoms with Crippen LogP contribution in [0.15, 0.2) is 22.8 Å². The van der Waals surface area contributed by atoms with Crippen molar-refractivity contribution < 1.29 is 14.0 Å². The van der Waals surface area contributed by atoms with E-state index >= 15 is 0 Å². The fourth-order valence-corrected chi connectivity index (χ4v) is 3.23. The van der Waals surface area contributed by atoms with E-state index in [4.69, 9.17) is 10.2 Å². The maximum Gasteiger partial charge on any atom is 0.237 e. The van der Waals surface area contributed by atoms with Gasteiger partial charge in [-0.1, -0.05) is 33.6 Å². The number of Topliss-reactive ketones (excluding diaryl/α,β-unsaturated/α-hetero) is 1. The number of ketones is 1. The number of unbranched alkanes of at least 4 members (excludes halogenated alkanes) is 1. The second-order valence-corrected chi connectivity index (χ2v) is 7.46. The zero-order chi connectivity index (χ0) is 17.9. The van der Waals surface area contributed by atoms with Gasteiger partial charge in [-0.15, -0.1) is 24.2 Å². The quantitative estimate of drug-likeness (QED) is 0.570. The monoisotopic (exact) mass is 390 g/mol. The molecule has 0 aromatic carbocycles. The summed E-state index contributed by atoms with van der Waals surface area (Å²) >= 11 is 1.50. The standard InChI is InChI=1S/C18H30N2O3S.ClH/c1-4-5-8-16(20-18(22)15(19)10-13(2)3)17(21)12-24-11-14-7-6-9-23-14;/h6-7,9,13,15-16H,4-5,8,10-12,19H2,1-3H3,(H,20,22);1H/t15-,16-;/m0./s1. The highest BCUT2D eigenvalue weighted by atomic mass is 35.5. The lowest BCUT2D eigenvalue weighted by Gasteiger charge is -2.20. The molecule has 0 bridgehead atoms. The van der Waals surface area contributed by atoms with Crippen molar-refractivity contribution in [3.05, 3.63) is 24.2 Å². The Morgan fingerprint density at radius 3 is 2.64 bits per heavy atom. The molecule has 0 saturated carbocycles. The summed E-state index contributed by atoms with van der Waals surface area (Å²) < 4.78 is 5.26. The molecule has 1 heterocycles. The van der Waals surface area contributed by atoms with Crippen molar-refractivity contribution in [3.63, 3.8) is 0 Å². The molecule has 2 atom stereocenters. The molecule has 7 heteroatoms. The number of hydrogen-bond donors (Lipinski definition) is 2. The van der Waals surface area contributed by atoms with Gasteiger partial charge in [-0.3, -0.25) is 9.59 Å². The van der Waals surface area contributed by atoms with Gasteiger partial charge >= 0.3 is 0 Å². The lowest BCUT2D eigenvalue weighted by atomic mass is 10.0. The van der Waals surface area contributed by atoms with Gasteiger partial charge in [0.25, 0.3) is 0 Å². The number of carbonyl (C=O) groups is 2. The number of nitrogens with one attached hydrogen (secondary N) is 1. The van der Waals surface area contributed by atoms with Crippen molar-refractivity contribution in [1.29, 1.82) is 0 Å². The summed E-state index contributed by atoms with van der Waals surface area (Å²) in [4.78, 5) is 24.7. The first-order chi connectivity index (χ1) is 11.4. The van der Waals surface area contributed by atoms with E-state index in [-0.39, 0.29) is 24.1 Å². The predicted molar refractivity (Wildman–Crippen MR) is 106 cm³/mol. The molecule has 1 aromatic rings. The topological polar surface area (TPSA) is 85.3 Å². The molecule has 5 nitrogen and oxygen atoms in total. The van der Waals surface area contributed by atoms with Gasteiger partial charge in [0.05, 0.1) is 29.9 Å². The van der Waals surface area contributed by atoms with Crippen molar-refractivity contribution in [3.8, 4) is 0 Å². The third kappa shape index (κ3) is 9.92. The molecule has 0 radical (unpaired) electrons. The van der Waals surface area contributed by atoms with Gasteiger partial charge in [0.1, 0.15) is 5.76 Å². The number of carbonyl (C=O) groups excluding carboxylic acids is 2. The van der Waals surface area contributed by atoms with Crippen molar-refractivity contribution in [2.75, 3.05) is 5.75 Å². The minimum atomic E-state index is -0.558. The Kier molecular flexibility index (Phi) is 12.7. The number of thioether (sulfide) groups is 1. The van der Waals surface area contributed by atoms with Crippen LogP contribution in [0.2, 0.25) is 0 Å². The number of nitrogens with two attached hydrogens (primary N) is 1. The third-order valence-electron chi connectivity index (χ3n) is 3.68.